The predicted octanol–water partition coefficient (Wildman–Crippen LogP) is 1.46. The van der Waals surface area contributed by atoms with E-state index in [0.29, 0.717) is 5.92 Å². The van der Waals surface area contributed by atoms with Crippen LogP contribution in [-0.4, -0.2) is 21.8 Å². The van der Waals surface area contributed by atoms with Crippen molar-refractivity contribution in [2.75, 3.05) is 11.5 Å². The maximum absolute atomic E-state index is 8.98. The Balaban J connectivity index is 1.99. The van der Waals surface area contributed by atoms with Crippen molar-refractivity contribution in [2.45, 2.75) is 19.4 Å². The molecule has 1 aromatic rings. The summed E-state index contributed by atoms with van der Waals surface area (Å²) in [5.74, 6) is 4.05. The number of rotatable bonds is 3. The highest BCUT2D eigenvalue weighted by Gasteiger charge is 2.19. The molecule has 1 N–H and O–H groups in total. The molecule has 1 saturated heterocycles. The molecule has 3 nitrogen and oxygen atoms in total. The van der Waals surface area contributed by atoms with Crippen LogP contribution < -0.4 is 0 Å². The van der Waals surface area contributed by atoms with Crippen molar-refractivity contribution in [3.05, 3.63) is 17.5 Å². The van der Waals surface area contributed by atoms with Crippen LogP contribution in [0.1, 0.15) is 17.7 Å². The third-order valence-electron chi connectivity index (χ3n) is 2.40. The molecule has 0 spiro atoms. The van der Waals surface area contributed by atoms with Gasteiger partial charge in [0.25, 0.3) is 0 Å². The number of aromatic nitrogens is 1. The first kappa shape index (κ1) is 9.09. The molecule has 1 unspecified atom stereocenters. The number of hydrogen-bond acceptors (Lipinski definition) is 4. The van der Waals surface area contributed by atoms with Gasteiger partial charge in [-0.15, -0.1) is 0 Å². The van der Waals surface area contributed by atoms with E-state index in [9.17, 15) is 0 Å². The first-order chi connectivity index (χ1) is 6.40. The second kappa shape index (κ2) is 4.15. The Morgan fingerprint density at radius 1 is 1.69 bits per heavy atom. The third kappa shape index (κ3) is 2.06. The fourth-order valence-electron chi connectivity index (χ4n) is 1.59. The summed E-state index contributed by atoms with van der Waals surface area (Å²) in [6, 6.07) is 0. The summed E-state index contributed by atoms with van der Waals surface area (Å²) in [7, 11) is 0. The number of hydrogen-bond donors (Lipinski definition) is 1. The second-order valence-corrected chi connectivity index (χ2v) is 4.52. The number of nitrogens with zero attached hydrogens (tertiary/aromatic N) is 1. The molecular weight excluding hydrogens is 186 g/mol. The molecule has 4 heteroatoms. The van der Waals surface area contributed by atoms with Gasteiger partial charge < -0.3 is 9.63 Å². The number of aliphatic hydroxyl groups excluding tert-OH is 1. The minimum atomic E-state index is 0.0404. The highest BCUT2D eigenvalue weighted by Crippen LogP contribution is 2.27. The van der Waals surface area contributed by atoms with E-state index < -0.39 is 0 Å². The molecule has 0 radical (unpaired) electrons. The zero-order chi connectivity index (χ0) is 9.10. The zero-order valence-electron chi connectivity index (χ0n) is 7.40. The van der Waals surface area contributed by atoms with Gasteiger partial charge in [0.2, 0.25) is 0 Å². The molecule has 1 fully saturated rings. The Labute approximate surface area is 81.5 Å². The summed E-state index contributed by atoms with van der Waals surface area (Å²) in [6.45, 7) is 0.0404. The summed E-state index contributed by atoms with van der Waals surface area (Å²) < 4.78 is 5.10. The summed E-state index contributed by atoms with van der Waals surface area (Å²) >= 11 is 1.99. The van der Waals surface area contributed by atoms with Crippen LogP contribution in [0.3, 0.4) is 0 Å². The monoisotopic (exact) mass is 199 g/mol. The minimum absolute atomic E-state index is 0.0404. The molecule has 0 aromatic carbocycles. The van der Waals surface area contributed by atoms with Crippen molar-refractivity contribution in [2.24, 2.45) is 5.92 Å². The highest BCUT2D eigenvalue weighted by atomic mass is 32.2. The van der Waals surface area contributed by atoms with Gasteiger partial charge in [-0.05, 0) is 23.8 Å². The van der Waals surface area contributed by atoms with Gasteiger partial charge in [-0.25, -0.2) is 0 Å². The normalized spacial score (nSPS) is 22.4. The fraction of sp³-hybridized carbons (Fsp3) is 0.667. The first-order valence-corrected chi connectivity index (χ1v) is 5.66. The zero-order valence-corrected chi connectivity index (χ0v) is 8.22. The van der Waals surface area contributed by atoms with E-state index in [1.807, 2.05) is 11.8 Å². The van der Waals surface area contributed by atoms with E-state index in [2.05, 4.69) is 5.16 Å². The lowest BCUT2D eigenvalue weighted by atomic mass is 10.0. The molecule has 2 heterocycles. The Bertz CT molecular complexity index is 268. The van der Waals surface area contributed by atoms with E-state index in [-0.39, 0.29) is 6.61 Å². The van der Waals surface area contributed by atoms with E-state index in [0.717, 1.165) is 17.7 Å². The summed E-state index contributed by atoms with van der Waals surface area (Å²) in [6.07, 6.45) is 3.80. The van der Waals surface area contributed by atoms with Gasteiger partial charge in [-0.1, -0.05) is 5.16 Å². The minimum Gasteiger partial charge on any atom is -0.391 e. The van der Waals surface area contributed by atoms with Gasteiger partial charge in [-0.3, -0.25) is 0 Å². The first-order valence-electron chi connectivity index (χ1n) is 4.51. The average Bonchev–Trinajstić information content (AvgIpc) is 2.76. The van der Waals surface area contributed by atoms with Gasteiger partial charge in [0, 0.05) is 12.0 Å². The molecule has 1 atom stereocenters. The molecular formula is C9H13NO2S. The quantitative estimate of drug-likeness (QED) is 0.800. The van der Waals surface area contributed by atoms with Crippen molar-refractivity contribution in [1.82, 2.24) is 5.16 Å². The summed E-state index contributed by atoms with van der Waals surface area (Å²) in [5.41, 5.74) is 0.844. The standard InChI is InChI=1S/C9H13NO2S/c11-5-8-4-10-12-9(8)3-7-1-2-13-6-7/h4,7,11H,1-3,5-6H2. The summed E-state index contributed by atoms with van der Waals surface area (Å²) in [5, 5.41) is 12.7. The largest absolute Gasteiger partial charge is 0.391 e. The lowest BCUT2D eigenvalue weighted by Crippen LogP contribution is -2.03. The SMILES string of the molecule is OCc1cnoc1CC1CCSC1. The molecule has 0 aliphatic carbocycles. The number of aliphatic hydroxyl groups is 1. The maximum Gasteiger partial charge on any atom is 0.142 e. The molecule has 1 aliphatic rings. The third-order valence-corrected chi connectivity index (χ3v) is 3.63. The van der Waals surface area contributed by atoms with E-state index in [1.165, 1.54) is 17.9 Å². The number of thioether (sulfide) groups is 1. The van der Waals surface area contributed by atoms with E-state index in [4.69, 9.17) is 9.63 Å². The van der Waals surface area contributed by atoms with Gasteiger partial charge in [-0.2, -0.15) is 11.8 Å². The molecule has 1 aliphatic heterocycles. The lowest BCUT2D eigenvalue weighted by Gasteiger charge is -2.04. The topological polar surface area (TPSA) is 46.3 Å². The summed E-state index contributed by atoms with van der Waals surface area (Å²) in [4.78, 5) is 0. The highest BCUT2D eigenvalue weighted by molar-refractivity contribution is 7.99. The molecule has 13 heavy (non-hydrogen) atoms. The second-order valence-electron chi connectivity index (χ2n) is 3.37. The van der Waals surface area contributed by atoms with Gasteiger partial charge in [0.1, 0.15) is 5.76 Å². The fourth-order valence-corrected chi connectivity index (χ4v) is 2.87. The van der Waals surface area contributed by atoms with Crippen LogP contribution >= 0.6 is 11.8 Å². The smallest absolute Gasteiger partial charge is 0.142 e. The van der Waals surface area contributed by atoms with Crippen LogP contribution in [0.25, 0.3) is 0 Å². The van der Waals surface area contributed by atoms with Crippen LogP contribution in [0.5, 0.6) is 0 Å². The van der Waals surface area contributed by atoms with Crippen molar-refractivity contribution in [3.8, 4) is 0 Å². The van der Waals surface area contributed by atoms with Crippen LogP contribution in [-0.2, 0) is 13.0 Å². The predicted molar refractivity (Wildman–Crippen MR) is 51.6 cm³/mol. The molecule has 0 saturated carbocycles. The molecule has 0 bridgehead atoms. The van der Waals surface area contributed by atoms with Crippen LogP contribution in [0.2, 0.25) is 0 Å². The van der Waals surface area contributed by atoms with Crippen molar-refractivity contribution in [3.63, 3.8) is 0 Å². The lowest BCUT2D eigenvalue weighted by molar-refractivity contribution is 0.275. The van der Waals surface area contributed by atoms with E-state index >= 15 is 0 Å². The van der Waals surface area contributed by atoms with Crippen molar-refractivity contribution >= 4 is 11.8 Å². The Kier molecular flexibility index (Phi) is 2.90. The average molecular weight is 199 g/mol. The molecule has 2 rings (SSSR count). The molecule has 0 amide bonds. The van der Waals surface area contributed by atoms with Gasteiger partial charge in [0.15, 0.2) is 0 Å². The van der Waals surface area contributed by atoms with Crippen LogP contribution in [0.4, 0.5) is 0 Å². The molecule has 1 aromatic heterocycles. The Morgan fingerprint density at radius 3 is 3.31 bits per heavy atom. The van der Waals surface area contributed by atoms with Crippen LogP contribution in [0.15, 0.2) is 10.7 Å². The van der Waals surface area contributed by atoms with Crippen LogP contribution in [0, 0.1) is 5.92 Å². The Hall–Kier alpha value is -0.480. The van der Waals surface area contributed by atoms with Crippen molar-refractivity contribution in [1.29, 1.82) is 0 Å². The van der Waals surface area contributed by atoms with Gasteiger partial charge >= 0.3 is 0 Å². The molecule has 72 valence electrons. The van der Waals surface area contributed by atoms with E-state index in [1.54, 1.807) is 6.20 Å². The maximum atomic E-state index is 8.98. The van der Waals surface area contributed by atoms with Crippen molar-refractivity contribution < 1.29 is 9.63 Å². The Morgan fingerprint density at radius 2 is 2.62 bits per heavy atom. The van der Waals surface area contributed by atoms with Gasteiger partial charge in [0.05, 0.1) is 12.8 Å².